The van der Waals surface area contributed by atoms with Crippen LogP contribution >= 0.6 is 28.0 Å². The van der Waals surface area contributed by atoms with Crippen molar-refractivity contribution in [3.05, 3.63) is 33.4 Å². The number of fused-ring (bicyclic) bond motifs is 2. The number of nitrogens with one attached hydrogen (secondary N) is 2. The molecule has 2 fully saturated rings. The van der Waals surface area contributed by atoms with E-state index in [1.165, 1.54) is 21.8 Å². The summed E-state index contributed by atoms with van der Waals surface area (Å²) in [5.74, 6) is -0.437. The fourth-order valence-electron chi connectivity index (χ4n) is 5.26. The largest absolute Gasteiger partial charge is 0.386 e. The van der Waals surface area contributed by atoms with Crippen LogP contribution in [0.3, 0.4) is 0 Å². The van der Waals surface area contributed by atoms with Crippen molar-refractivity contribution in [2.75, 3.05) is 30.6 Å². The van der Waals surface area contributed by atoms with E-state index in [0.717, 1.165) is 0 Å². The Kier molecular flexibility index (Phi) is 9.75. The maximum atomic E-state index is 12.3. The molecule has 4 aromatic heterocycles. The quantitative estimate of drug-likeness (QED) is 0.0445. The summed E-state index contributed by atoms with van der Waals surface area (Å²) in [6, 6.07) is 0. The average molecular weight is 737 g/mol. The molecule has 0 amide bonds. The first-order chi connectivity index (χ1) is 22.4. The number of H-pyrrole nitrogens is 2. The van der Waals surface area contributed by atoms with E-state index in [-0.39, 0.29) is 46.8 Å². The lowest BCUT2D eigenvalue weighted by atomic mass is 10.1. The van der Waals surface area contributed by atoms with E-state index in [2.05, 4.69) is 42.5 Å². The van der Waals surface area contributed by atoms with Crippen molar-refractivity contribution >= 4 is 74.1 Å². The van der Waals surface area contributed by atoms with Gasteiger partial charge in [0.1, 0.15) is 36.6 Å². The first-order valence-electron chi connectivity index (χ1n) is 13.4. The number of ether oxygens (including phenoxy) is 3. The highest BCUT2D eigenvalue weighted by Crippen LogP contribution is 2.50. The first kappa shape index (κ1) is 33.9. The molecule has 0 radical (unpaired) electrons. The van der Waals surface area contributed by atoms with Crippen LogP contribution in [0.25, 0.3) is 22.3 Å². The fourth-order valence-corrected chi connectivity index (χ4v) is 7.17. The van der Waals surface area contributed by atoms with Crippen LogP contribution in [0.4, 0.5) is 11.9 Å². The highest BCUT2D eigenvalue weighted by Gasteiger charge is 2.50. The van der Waals surface area contributed by atoms with E-state index >= 15 is 0 Å². The van der Waals surface area contributed by atoms with Gasteiger partial charge in [0.15, 0.2) is 34.8 Å². The summed E-state index contributed by atoms with van der Waals surface area (Å²) in [4.78, 5) is 56.3. The van der Waals surface area contributed by atoms with E-state index < -0.39 is 82.2 Å². The number of nitrogens with two attached hydrogens (primary N) is 2. The number of hydrogen-bond donors (Lipinski definition) is 8. The molecule has 9 atom stereocenters. The Morgan fingerprint density at radius 1 is 0.957 bits per heavy atom. The normalized spacial score (nSPS) is 29.3. The Bertz CT molecular complexity index is 1960. The lowest BCUT2D eigenvalue weighted by Gasteiger charge is -2.26. The van der Waals surface area contributed by atoms with E-state index in [0.29, 0.717) is 0 Å². The number of rotatable bonds is 12. The summed E-state index contributed by atoms with van der Waals surface area (Å²) >= 11 is 9.24. The predicted octanol–water partition coefficient (Wildman–Crippen LogP) is -1.95. The minimum Gasteiger partial charge on any atom is -0.386 e. The van der Waals surface area contributed by atoms with E-state index in [1.54, 1.807) is 0 Å². The van der Waals surface area contributed by atoms with Gasteiger partial charge in [0, 0.05) is 0 Å². The highest BCUT2D eigenvalue weighted by atomic mass is 32.5. The van der Waals surface area contributed by atoms with Crippen LogP contribution < -0.4 is 22.6 Å². The van der Waals surface area contributed by atoms with Gasteiger partial charge in [-0.3, -0.25) is 37.7 Å². The van der Waals surface area contributed by atoms with Gasteiger partial charge in [0.05, 0.1) is 31.8 Å². The molecule has 0 aromatic carbocycles. The van der Waals surface area contributed by atoms with E-state index in [9.17, 15) is 29.3 Å². The molecule has 254 valence electrons. The first-order valence-corrected chi connectivity index (χ1v) is 17.3. The van der Waals surface area contributed by atoms with Crippen molar-refractivity contribution in [3.8, 4) is 0 Å². The minimum atomic E-state index is -4.25. The van der Waals surface area contributed by atoms with Crippen LogP contribution in [0.1, 0.15) is 12.5 Å². The van der Waals surface area contributed by atoms with Crippen LogP contribution in [-0.2, 0) is 44.2 Å². The van der Waals surface area contributed by atoms with Crippen molar-refractivity contribution in [1.29, 1.82) is 0 Å². The van der Waals surface area contributed by atoms with Gasteiger partial charge in [-0.25, -0.2) is 14.5 Å². The molecule has 2 aliphatic heterocycles. The van der Waals surface area contributed by atoms with Crippen molar-refractivity contribution < 1.29 is 47.5 Å². The summed E-state index contributed by atoms with van der Waals surface area (Å²) in [6.07, 6.45) is -8.08. The number of aromatic nitrogens is 8. The summed E-state index contributed by atoms with van der Waals surface area (Å²) in [5.41, 5.74) is 9.93. The van der Waals surface area contributed by atoms with Gasteiger partial charge in [-0.05, 0) is 11.8 Å². The zero-order valence-corrected chi connectivity index (χ0v) is 27.0. The standard InChI is InChI=1S/C21H26N10O12P2S2/c22-20-26-14-8(16(34)28-20)24-3-30(14)18-10(32)12(42-44-36)7(41-18)2-39-45(37,47)43-13-6(1-38-5-46)40-19(11(13)33)31-4-25-9-15(31)27-21(23)29-17(9)35/h3-4,6-7,10-13,18-19,32-33,46H,1-2,5H2,(H,37,47)(H3,22,26,28,34)(H3,23,27,29,35)/t6-,7-,10-,11-,12-,13-,18-,19-,45?/m1/s1. The Hall–Kier alpha value is -2.96. The molecular weight excluding hydrogens is 710 g/mol. The maximum absolute atomic E-state index is 12.3. The summed E-state index contributed by atoms with van der Waals surface area (Å²) < 4.78 is 47.4. The van der Waals surface area contributed by atoms with Gasteiger partial charge >= 0.3 is 15.4 Å². The second kappa shape index (κ2) is 13.5. The predicted molar refractivity (Wildman–Crippen MR) is 165 cm³/mol. The molecule has 9 N–H and O–H groups in total. The summed E-state index contributed by atoms with van der Waals surface area (Å²) in [7, 11) is -0.811. The number of hydrogen-bond acceptors (Lipinski definition) is 19. The number of nitrogen functional groups attached to an aromatic ring is 2. The van der Waals surface area contributed by atoms with E-state index in [4.69, 9.17) is 51.1 Å². The third-order valence-electron chi connectivity index (χ3n) is 7.26. The lowest BCUT2D eigenvalue weighted by molar-refractivity contribution is -0.0607. The number of aliphatic hydroxyl groups excluding tert-OH is 2. The zero-order chi connectivity index (χ0) is 33.6. The van der Waals surface area contributed by atoms with Crippen LogP contribution in [0.5, 0.6) is 0 Å². The van der Waals surface area contributed by atoms with Crippen LogP contribution in [0.15, 0.2) is 22.2 Å². The van der Waals surface area contributed by atoms with Crippen LogP contribution in [-0.4, -0.2) is 110 Å². The Morgan fingerprint density at radius 3 is 1.98 bits per heavy atom. The molecule has 26 heteroatoms. The molecule has 2 aliphatic rings. The van der Waals surface area contributed by atoms with Gasteiger partial charge in [-0.15, -0.1) is 0 Å². The van der Waals surface area contributed by atoms with Gasteiger partial charge in [0.2, 0.25) is 11.9 Å². The number of thiol groups is 1. The molecule has 2 saturated heterocycles. The third-order valence-corrected chi connectivity index (χ3v) is 9.34. The Morgan fingerprint density at radius 2 is 1.47 bits per heavy atom. The SMILES string of the molecule is Nc1nc2c(ncn2[C@@H]2O[C@H](COP(O)(=S)O[C@H]3[C@@H](O)[C@H](n4cnc5c(=O)[nH]c(N)nc54)O[C@@H]3COCS)[C@@H](OP=O)[C@H]2O)c(=O)[nH]1. The van der Waals surface area contributed by atoms with Crippen molar-refractivity contribution in [2.45, 2.75) is 49.1 Å². The number of nitrogens with zero attached hydrogens (tertiary/aromatic N) is 6. The zero-order valence-electron chi connectivity index (χ0n) is 23.5. The molecule has 4 aromatic rings. The third kappa shape index (κ3) is 6.57. The molecule has 47 heavy (non-hydrogen) atoms. The molecule has 6 rings (SSSR count). The summed E-state index contributed by atoms with van der Waals surface area (Å²) in [5, 5.41) is 22.3. The molecule has 0 spiro atoms. The molecular formula is C21H26N10O12P2S2. The molecule has 1 unspecified atom stereocenters. The monoisotopic (exact) mass is 736 g/mol. The summed E-state index contributed by atoms with van der Waals surface area (Å²) in [6.45, 7) is -4.98. The number of aliphatic hydroxyl groups is 2. The molecule has 6 heterocycles. The smallest absolute Gasteiger partial charge is 0.327 e. The average Bonchev–Trinajstić information content (AvgIpc) is 3.77. The van der Waals surface area contributed by atoms with Gasteiger partial charge in [0.25, 0.3) is 11.1 Å². The number of aromatic amines is 2. The Balaban J connectivity index is 1.20. The van der Waals surface area contributed by atoms with Crippen molar-refractivity contribution in [2.24, 2.45) is 0 Å². The topological polar surface area (TPSA) is 312 Å². The van der Waals surface area contributed by atoms with Gasteiger partial charge in [-0.2, -0.15) is 22.6 Å². The molecule has 22 nitrogen and oxygen atoms in total. The number of imidazole rings is 2. The maximum Gasteiger partial charge on any atom is 0.327 e. The molecule has 0 bridgehead atoms. The van der Waals surface area contributed by atoms with Crippen LogP contribution in [0, 0.1) is 0 Å². The van der Waals surface area contributed by atoms with Crippen molar-refractivity contribution in [1.82, 2.24) is 39.0 Å². The fraction of sp³-hybridized carbons (Fsp3) is 0.524. The van der Waals surface area contributed by atoms with Gasteiger partial charge < -0.3 is 45.3 Å². The van der Waals surface area contributed by atoms with Gasteiger partial charge in [-0.1, -0.05) is 0 Å². The number of anilines is 2. The minimum absolute atomic E-state index is 0.00728. The lowest BCUT2D eigenvalue weighted by Crippen LogP contribution is -2.37. The molecule has 0 saturated carbocycles. The molecule has 0 aliphatic carbocycles. The highest BCUT2D eigenvalue weighted by molar-refractivity contribution is 8.07. The Labute approximate surface area is 273 Å². The second-order valence-electron chi connectivity index (χ2n) is 10.1. The van der Waals surface area contributed by atoms with E-state index in [1.807, 2.05) is 0 Å². The second-order valence-corrected chi connectivity index (χ2v) is 13.5. The van der Waals surface area contributed by atoms with Crippen LogP contribution in [0.2, 0.25) is 0 Å². The van der Waals surface area contributed by atoms with Crippen molar-refractivity contribution in [3.63, 3.8) is 0 Å².